The van der Waals surface area contributed by atoms with Gasteiger partial charge in [-0.05, 0) is 44.2 Å². The molecule has 74 valence electrons. The van der Waals surface area contributed by atoms with Gasteiger partial charge in [-0.1, -0.05) is 0 Å². The van der Waals surface area contributed by atoms with Crippen LogP contribution in [0.15, 0.2) is 41.0 Å². The molecular weight excluding hydrogens is 179 g/mol. The van der Waals surface area contributed by atoms with Crippen molar-refractivity contribution >= 4 is 11.4 Å². The normalized spacial score (nSPS) is 13.1. The zero-order chi connectivity index (χ0) is 10.6. The van der Waals surface area contributed by atoms with E-state index in [1.807, 2.05) is 6.92 Å². The van der Waals surface area contributed by atoms with E-state index in [4.69, 9.17) is 5.73 Å². The van der Waals surface area contributed by atoms with Crippen LogP contribution in [0.25, 0.3) is 0 Å². The molecule has 14 heavy (non-hydrogen) atoms. The van der Waals surface area contributed by atoms with Crippen molar-refractivity contribution in [3.63, 3.8) is 0 Å². The number of hydrogen-bond acceptors (Lipinski definition) is 2. The standard InChI is InChI=1S/C11H13FN2/c1-8(13)7-9(2)14-11-5-3-10(12)4-6-11/h3-7H,13H2,1-2H3. The maximum absolute atomic E-state index is 12.6. The van der Waals surface area contributed by atoms with E-state index < -0.39 is 0 Å². The van der Waals surface area contributed by atoms with Crippen LogP contribution in [0.5, 0.6) is 0 Å². The molecule has 0 fully saturated rings. The molecule has 0 aliphatic heterocycles. The van der Waals surface area contributed by atoms with Gasteiger partial charge in [-0.3, -0.25) is 4.99 Å². The first-order valence-corrected chi connectivity index (χ1v) is 4.32. The van der Waals surface area contributed by atoms with E-state index >= 15 is 0 Å². The molecule has 2 N–H and O–H groups in total. The Morgan fingerprint density at radius 3 is 2.36 bits per heavy atom. The van der Waals surface area contributed by atoms with Crippen LogP contribution in [0, 0.1) is 5.82 Å². The molecule has 0 radical (unpaired) electrons. The SMILES string of the molecule is CC(N)=CC(C)=Nc1ccc(F)cc1. The van der Waals surface area contributed by atoms with E-state index in [-0.39, 0.29) is 5.82 Å². The van der Waals surface area contributed by atoms with E-state index in [0.29, 0.717) is 5.70 Å². The predicted octanol–water partition coefficient (Wildman–Crippen LogP) is 2.78. The maximum Gasteiger partial charge on any atom is 0.123 e. The molecule has 1 rings (SSSR count). The lowest BCUT2D eigenvalue weighted by Gasteiger charge is -1.96. The van der Waals surface area contributed by atoms with Crippen LogP contribution in [-0.2, 0) is 0 Å². The highest BCUT2D eigenvalue weighted by molar-refractivity contribution is 5.95. The van der Waals surface area contributed by atoms with E-state index in [1.54, 1.807) is 25.1 Å². The Kier molecular flexibility index (Phi) is 3.40. The zero-order valence-electron chi connectivity index (χ0n) is 8.29. The van der Waals surface area contributed by atoms with Crippen LogP contribution < -0.4 is 5.73 Å². The fourth-order valence-electron chi connectivity index (χ4n) is 1.08. The predicted molar refractivity (Wildman–Crippen MR) is 57.1 cm³/mol. The highest BCUT2D eigenvalue weighted by Gasteiger charge is 1.91. The number of nitrogens with two attached hydrogens (primary N) is 1. The lowest BCUT2D eigenvalue weighted by atomic mass is 10.3. The summed E-state index contributed by atoms with van der Waals surface area (Å²) in [5.41, 5.74) is 7.72. The molecule has 0 atom stereocenters. The molecule has 0 amide bonds. The highest BCUT2D eigenvalue weighted by atomic mass is 19.1. The van der Waals surface area contributed by atoms with Crippen LogP contribution >= 0.6 is 0 Å². The first kappa shape index (κ1) is 10.4. The Morgan fingerprint density at radius 2 is 1.86 bits per heavy atom. The molecule has 0 aliphatic carbocycles. The van der Waals surface area contributed by atoms with E-state index in [2.05, 4.69) is 4.99 Å². The molecular formula is C11H13FN2. The Balaban J connectivity index is 2.87. The quantitative estimate of drug-likeness (QED) is 0.719. The van der Waals surface area contributed by atoms with Crippen LogP contribution in [0.3, 0.4) is 0 Å². The summed E-state index contributed by atoms with van der Waals surface area (Å²) in [5, 5.41) is 0. The zero-order valence-corrected chi connectivity index (χ0v) is 8.29. The second kappa shape index (κ2) is 4.56. The van der Waals surface area contributed by atoms with Gasteiger partial charge in [0.05, 0.1) is 5.69 Å². The van der Waals surface area contributed by atoms with Crippen molar-refractivity contribution < 1.29 is 4.39 Å². The maximum atomic E-state index is 12.6. The number of halogens is 1. The molecule has 0 saturated carbocycles. The second-order valence-corrected chi connectivity index (χ2v) is 3.12. The molecule has 0 aromatic heterocycles. The van der Waals surface area contributed by atoms with Crippen molar-refractivity contribution in [3.05, 3.63) is 41.9 Å². The Labute approximate surface area is 83.0 Å². The third-order valence-electron chi connectivity index (χ3n) is 1.57. The Bertz CT molecular complexity index is 359. The van der Waals surface area contributed by atoms with Gasteiger partial charge in [-0.2, -0.15) is 0 Å². The first-order chi connectivity index (χ1) is 6.58. The van der Waals surface area contributed by atoms with Gasteiger partial charge in [0, 0.05) is 11.4 Å². The second-order valence-electron chi connectivity index (χ2n) is 3.12. The minimum absolute atomic E-state index is 0.257. The summed E-state index contributed by atoms with van der Waals surface area (Å²) in [7, 11) is 0. The molecule has 1 aromatic carbocycles. The van der Waals surface area contributed by atoms with Crippen molar-refractivity contribution in [1.29, 1.82) is 0 Å². The summed E-state index contributed by atoms with van der Waals surface area (Å²) in [5.74, 6) is -0.257. The average Bonchev–Trinajstić information content (AvgIpc) is 2.07. The molecule has 0 unspecified atom stereocenters. The number of nitrogens with zero attached hydrogens (tertiary/aromatic N) is 1. The van der Waals surface area contributed by atoms with Crippen LogP contribution in [0.1, 0.15) is 13.8 Å². The van der Waals surface area contributed by atoms with Gasteiger partial charge in [0.1, 0.15) is 5.82 Å². The largest absolute Gasteiger partial charge is 0.402 e. The van der Waals surface area contributed by atoms with Gasteiger partial charge < -0.3 is 5.73 Å². The molecule has 3 heteroatoms. The number of aliphatic imine (C=N–C) groups is 1. The third kappa shape index (κ3) is 3.39. The van der Waals surface area contributed by atoms with Gasteiger partial charge in [-0.15, -0.1) is 0 Å². The summed E-state index contributed by atoms with van der Waals surface area (Å²) >= 11 is 0. The van der Waals surface area contributed by atoms with Crippen LogP contribution in [-0.4, -0.2) is 5.71 Å². The average molecular weight is 192 g/mol. The van der Waals surface area contributed by atoms with Gasteiger partial charge in [0.25, 0.3) is 0 Å². The summed E-state index contributed by atoms with van der Waals surface area (Å²) in [4.78, 5) is 4.23. The van der Waals surface area contributed by atoms with Crippen molar-refractivity contribution in [2.24, 2.45) is 10.7 Å². The van der Waals surface area contributed by atoms with Gasteiger partial charge in [-0.25, -0.2) is 4.39 Å². The smallest absolute Gasteiger partial charge is 0.123 e. The van der Waals surface area contributed by atoms with E-state index in [0.717, 1.165) is 11.4 Å². The topological polar surface area (TPSA) is 38.4 Å². The lowest BCUT2D eigenvalue weighted by Crippen LogP contribution is -1.94. The molecule has 0 saturated heterocycles. The van der Waals surface area contributed by atoms with E-state index in [1.165, 1.54) is 12.1 Å². The molecule has 0 heterocycles. The fourth-order valence-corrected chi connectivity index (χ4v) is 1.08. The summed E-state index contributed by atoms with van der Waals surface area (Å²) in [6.07, 6.45) is 1.77. The molecule has 2 nitrogen and oxygen atoms in total. The summed E-state index contributed by atoms with van der Waals surface area (Å²) in [6.45, 7) is 3.64. The van der Waals surface area contributed by atoms with Crippen LogP contribution in [0.4, 0.5) is 10.1 Å². The fraction of sp³-hybridized carbons (Fsp3) is 0.182. The summed E-state index contributed by atoms with van der Waals surface area (Å²) in [6, 6.07) is 6.01. The van der Waals surface area contributed by atoms with Crippen molar-refractivity contribution in [3.8, 4) is 0 Å². The van der Waals surface area contributed by atoms with Crippen molar-refractivity contribution in [2.45, 2.75) is 13.8 Å². The van der Waals surface area contributed by atoms with Crippen LogP contribution in [0.2, 0.25) is 0 Å². The third-order valence-corrected chi connectivity index (χ3v) is 1.57. The Morgan fingerprint density at radius 1 is 1.29 bits per heavy atom. The molecule has 0 aliphatic rings. The molecule has 0 spiro atoms. The molecule has 0 bridgehead atoms. The Hall–Kier alpha value is -1.64. The van der Waals surface area contributed by atoms with Gasteiger partial charge >= 0.3 is 0 Å². The number of allylic oxidation sites excluding steroid dienone is 2. The number of hydrogen-bond donors (Lipinski definition) is 1. The minimum atomic E-state index is -0.257. The molecule has 1 aromatic rings. The van der Waals surface area contributed by atoms with Crippen molar-refractivity contribution in [2.75, 3.05) is 0 Å². The minimum Gasteiger partial charge on any atom is -0.402 e. The highest BCUT2D eigenvalue weighted by Crippen LogP contribution is 2.12. The monoisotopic (exact) mass is 192 g/mol. The van der Waals surface area contributed by atoms with Gasteiger partial charge in [0.15, 0.2) is 0 Å². The van der Waals surface area contributed by atoms with Gasteiger partial charge in [0.2, 0.25) is 0 Å². The number of rotatable bonds is 2. The lowest BCUT2D eigenvalue weighted by molar-refractivity contribution is 0.628. The summed E-state index contributed by atoms with van der Waals surface area (Å²) < 4.78 is 12.6. The van der Waals surface area contributed by atoms with E-state index in [9.17, 15) is 4.39 Å². The van der Waals surface area contributed by atoms with Crippen molar-refractivity contribution in [1.82, 2.24) is 0 Å². The number of benzene rings is 1. The first-order valence-electron chi connectivity index (χ1n) is 4.32.